The highest BCUT2D eigenvalue weighted by Crippen LogP contribution is 2.31. The number of ether oxygens (including phenoxy) is 1. The van der Waals surface area contributed by atoms with Gasteiger partial charge in [-0.25, -0.2) is 9.37 Å². The summed E-state index contributed by atoms with van der Waals surface area (Å²) in [5.41, 5.74) is 0.956. The molecule has 0 bridgehead atoms. The van der Waals surface area contributed by atoms with Crippen molar-refractivity contribution in [3.63, 3.8) is 0 Å². The van der Waals surface area contributed by atoms with Crippen LogP contribution in [-0.2, 0) is 0 Å². The van der Waals surface area contributed by atoms with Gasteiger partial charge in [-0.1, -0.05) is 6.07 Å². The summed E-state index contributed by atoms with van der Waals surface area (Å²) in [6.07, 6.45) is 3.98. The summed E-state index contributed by atoms with van der Waals surface area (Å²) < 4.78 is 21.0. The quantitative estimate of drug-likeness (QED) is 0.757. The van der Waals surface area contributed by atoms with Crippen LogP contribution < -0.4 is 15.4 Å². The molecule has 0 amide bonds. The minimum absolute atomic E-state index is 0.267. The van der Waals surface area contributed by atoms with Gasteiger partial charge in [-0.3, -0.25) is 0 Å². The molecular formula is C16H16FN5O. The van der Waals surface area contributed by atoms with Crippen molar-refractivity contribution < 1.29 is 9.13 Å². The molecule has 3 aromatic rings. The van der Waals surface area contributed by atoms with E-state index in [0.29, 0.717) is 23.3 Å². The van der Waals surface area contributed by atoms with E-state index in [0.717, 1.165) is 18.7 Å². The number of aromatic nitrogens is 3. The Morgan fingerprint density at radius 3 is 2.96 bits per heavy atom. The standard InChI is InChI=1S/C16H16FN5O/c1-23-12-4-2-3-11(17)16(12)21-13-9-15(19-10-5-6-10)22-14(20-13)7-8-18-22/h2-4,7-10,19H,5-6H2,1H3,(H,20,21). The summed E-state index contributed by atoms with van der Waals surface area (Å²) in [5.74, 6) is 1.40. The van der Waals surface area contributed by atoms with E-state index in [2.05, 4.69) is 20.7 Å². The smallest absolute Gasteiger partial charge is 0.159 e. The summed E-state index contributed by atoms with van der Waals surface area (Å²) in [6.45, 7) is 0. The van der Waals surface area contributed by atoms with E-state index in [1.165, 1.54) is 13.2 Å². The fourth-order valence-electron chi connectivity index (χ4n) is 2.44. The first-order chi connectivity index (χ1) is 11.2. The number of para-hydroxylation sites is 1. The van der Waals surface area contributed by atoms with E-state index in [1.807, 2.05) is 12.1 Å². The lowest BCUT2D eigenvalue weighted by Crippen LogP contribution is -2.09. The number of anilines is 3. The molecule has 0 aliphatic heterocycles. The Morgan fingerprint density at radius 1 is 1.30 bits per heavy atom. The van der Waals surface area contributed by atoms with Crippen LogP contribution in [0.3, 0.4) is 0 Å². The zero-order valence-corrected chi connectivity index (χ0v) is 12.6. The van der Waals surface area contributed by atoms with Crippen LogP contribution in [0.15, 0.2) is 36.5 Å². The minimum Gasteiger partial charge on any atom is -0.494 e. The first-order valence-corrected chi connectivity index (χ1v) is 7.45. The predicted molar refractivity (Wildman–Crippen MR) is 85.9 cm³/mol. The van der Waals surface area contributed by atoms with Crippen molar-refractivity contribution in [2.45, 2.75) is 18.9 Å². The highest BCUT2D eigenvalue weighted by Gasteiger charge is 2.22. The number of nitrogens with one attached hydrogen (secondary N) is 2. The monoisotopic (exact) mass is 313 g/mol. The molecule has 0 atom stereocenters. The zero-order chi connectivity index (χ0) is 15.8. The average Bonchev–Trinajstić information content (AvgIpc) is 3.23. The van der Waals surface area contributed by atoms with Crippen molar-refractivity contribution in [3.05, 3.63) is 42.3 Å². The maximum absolute atomic E-state index is 14.1. The second-order valence-corrected chi connectivity index (χ2v) is 5.49. The fraction of sp³-hybridized carbons (Fsp3) is 0.250. The molecule has 1 fully saturated rings. The highest BCUT2D eigenvalue weighted by atomic mass is 19.1. The lowest BCUT2D eigenvalue weighted by Gasteiger charge is -2.13. The molecule has 118 valence electrons. The summed E-state index contributed by atoms with van der Waals surface area (Å²) >= 11 is 0. The zero-order valence-electron chi connectivity index (χ0n) is 12.6. The van der Waals surface area contributed by atoms with Gasteiger partial charge in [0.05, 0.1) is 13.3 Å². The molecule has 2 aromatic heterocycles. The highest BCUT2D eigenvalue weighted by molar-refractivity contribution is 5.68. The van der Waals surface area contributed by atoms with E-state index < -0.39 is 5.82 Å². The Balaban J connectivity index is 1.74. The van der Waals surface area contributed by atoms with E-state index in [1.54, 1.807) is 22.8 Å². The number of benzene rings is 1. The summed E-state index contributed by atoms with van der Waals surface area (Å²) in [7, 11) is 1.51. The van der Waals surface area contributed by atoms with E-state index >= 15 is 0 Å². The van der Waals surface area contributed by atoms with Gasteiger partial charge in [-0.15, -0.1) is 0 Å². The van der Waals surface area contributed by atoms with E-state index in [4.69, 9.17) is 4.74 Å². The van der Waals surface area contributed by atoms with E-state index in [-0.39, 0.29) is 5.69 Å². The third-order valence-electron chi connectivity index (χ3n) is 3.74. The maximum atomic E-state index is 14.1. The topological polar surface area (TPSA) is 63.5 Å². The molecule has 2 heterocycles. The van der Waals surface area contributed by atoms with Crippen LogP contribution in [0.5, 0.6) is 5.75 Å². The van der Waals surface area contributed by atoms with Crippen LogP contribution in [0.25, 0.3) is 5.65 Å². The Morgan fingerprint density at radius 2 is 2.17 bits per heavy atom. The molecule has 0 saturated heterocycles. The van der Waals surface area contributed by atoms with Crippen LogP contribution in [0.1, 0.15) is 12.8 Å². The Hall–Kier alpha value is -2.83. The van der Waals surface area contributed by atoms with Crippen LogP contribution in [-0.4, -0.2) is 27.7 Å². The summed E-state index contributed by atoms with van der Waals surface area (Å²) in [5, 5.41) is 10.7. The molecule has 1 aliphatic rings. The van der Waals surface area contributed by atoms with Crippen molar-refractivity contribution in [2.24, 2.45) is 0 Å². The molecule has 6 nitrogen and oxygen atoms in total. The lowest BCUT2D eigenvalue weighted by atomic mass is 10.2. The molecule has 0 spiro atoms. The number of hydrogen-bond acceptors (Lipinski definition) is 5. The molecule has 4 rings (SSSR count). The molecular weight excluding hydrogens is 297 g/mol. The first kappa shape index (κ1) is 13.8. The normalized spacial score (nSPS) is 14.0. The van der Waals surface area contributed by atoms with Crippen molar-refractivity contribution in [2.75, 3.05) is 17.7 Å². The third-order valence-corrected chi connectivity index (χ3v) is 3.74. The average molecular weight is 313 g/mol. The van der Waals surface area contributed by atoms with Gasteiger partial charge < -0.3 is 15.4 Å². The van der Waals surface area contributed by atoms with Gasteiger partial charge in [0.1, 0.15) is 23.1 Å². The third kappa shape index (κ3) is 2.65. The second-order valence-electron chi connectivity index (χ2n) is 5.49. The Labute approximate surface area is 132 Å². The number of methoxy groups -OCH3 is 1. The largest absolute Gasteiger partial charge is 0.494 e. The summed E-state index contributed by atoms with van der Waals surface area (Å²) in [4.78, 5) is 4.46. The number of halogens is 1. The van der Waals surface area contributed by atoms with Gasteiger partial charge in [0.25, 0.3) is 0 Å². The molecule has 7 heteroatoms. The van der Waals surface area contributed by atoms with Gasteiger partial charge in [-0.2, -0.15) is 9.61 Å². The van der Waals surface area contributed by atoms with Crippen LogP contribution in [0.2, 0.25) is 0 Å². The number of fused-ring (bicyclic) bond motifs is 1. The van der Waals surface area contributed by atoms with Gasteiger partial charge in [0, 0.05) is 18.2 Å². The fourth-order valence-corrected chi connectivity index (χ4v) is 2.44. The van der Waals surface area contributed by atoms with Crippen molar-refractivity contribution in [1.29, 1.82) is 0 Å². The van der Waals surface area contributed by atoms with Gasteiger partial charge >= 0.3 is 0 Å². The molecule has 0 unspecified atom stereocenters. The maximum Gasteiger partial charge on any atom is 0.159 e. The van der Waals surface area contributed by atoms with Crippen LogP contribution in [0.4, 0.5) is 21.7 Å². The first-order valence-electron chi connectivity index (χ1n) is 7.45. The summed E-state index contributed by atoms with van der Waals surface area (Å²) in [6, 6.07) is 8.79. The second kappa shape index (κ2) is 5.42. The van der Waals surface area contributed by atoms with Gasteiger partial charge in [0.2, 0.25) is 0 Å². The molecule has 0 radical (unpaired) electrons. The predicted octanol–water partition coefficient (Wildman–Crippen LogP) is 3.19. The number of nitrogens with zero attached hydrogens (tertiary/aromatic N) is 3. The van der Waals surface area contributed by atoms with Crippen LogP contribution >= 0.6 is 0 Å². The lowest BCUT2D eigenvalue weighted by molar-refractivity contribution is 0.414. The molecule has 2 N–H and O–H groups in total. The number of rotatable bonds is 5. The minimum atomic E-state index is -0.392. The van der Waals surface area contributed by atoms with Gasteiger partial charge in [-0.05, 0) is 25.0 Å². The van der Waals surface area contributed by atoms with Crippen LogP contribution in [0, 0.1) is 5.82 Å². The SMILES string of the molecule is COc1cccc(F)c1Nc1cc(NC2CC2)n2nccc2n1. The van der Waals surface area contributed by atoms with Crippen molar-refractivity contribution >= 4 is 23.0 Å². The molecule has 1 aromatic carbocycles. The number of hydrogen-bond donors (Lipinski definition) is 2. The Bertz CT molecular complexity index is 859. The van der Waals surface area contributed by atoms with E-state index in [9.17, 15) is 4.39 Å². The molecule has 1 aliphatic carbocycles. The van der Waals surface area contributed by atoms with Gasteiger partial charge in [0.15, 0.2) is 11.5 Å². The molecule has 1 saturated carbocycles. The Kier molecular flexibility index (Phi) is 3.25. The van der Waals surface area contributed by atoms with Crippen molar-refractivity contribution in [3.8, 4) is 5.75 Å². The molecule has 23 heavy (non-hydrogen) atoms. The van der Waals surface area contributed by atoms with Crippen molar-refractivity contribution in [1.82, 2.24) is 14.6 Å².